The van der Waals surface area contributed by atoms with E-state index in [0.29, 0.717) is 5.41 Å². The van der Waals surface area contributed by atoms with Crippen LogP contribution in [0.5, 0.6) is 0 Å². The first-order valence-corrected chi connectivity index (χ1v) is 7.32. The van der Waals surface area contributed by atoms with Gasteiger partial charge < -0.3 is 5.11 Å². The maximum atomic E-state index is 9.85. The Morgan fingerprint density at radius 1 is 1.27 bits per heavy atom. The number of hydrogen-bond acceptors (Lipinski definition) is 2. The molecule has 1 atom stereocenters. The lowest BCUT2D eigenvalue weighted by Gasteiger charge is -2.20. The Labute approximate surface area is 99.0 Å². The monoisotopic (exact) mass is 230 g/mol. The molecule has 90 valence electrons. The fourth-order valence-electron chi connectivity index (χ4n) is 1.99. The molecule has 0 amide bonds. The minimum Gasteiger partial charge on any atom is -0.392 e. The van der Waals surface area contributed by atoms with E-state index in [-0.39, 0.29) is 6.10 Å². The van der Waals surface area contributed by atoms with Gasteiger partial charge in [-0.3, -0.25) is 0 Å². The molecule has 0 aromatic carbocycles. The second kappa shape index (κ2) is 6.15. The van der Waals surface area contributed by atoms with Gasteiger partial charge in [0.1, 0.15) is 0 Å². The van der Waals surface area contributed by atoms with Crippen molar-refractivity contribution in [2.75, 3.05) is 5.75 Å². The molecule has 1 aliphatic carbocycles. The summed E-state index contributed by atoms with van der Waals surface area (Å²) in [5.41, 5.74) is 0.360. The van der Waals surface area contributed by atoms with Crippen LogP contribution in [0.25, 0.3) is 0 Å². The molecule has 0 saturated heterocycles. The topological polar surface area (TPSA) is 20.2 Å². The molecule has 0 spiro atoms. The summed E-state index contributed by atoms with van der Waals surface area (Å²) < 4.78 is 0. The normalized spacial score (nSPS) is 20.8. The molecule has 0 bridgehead atoms. The Morgan fingerprint density at radius 3 is 2.40 bits per heavy atom. The summed E-state index contributed by atoms with van der Waals surface area (Å²) >= 11 is 1.99. The van der Waals surface area contributed by atoms with Crippen molar-refractivity contribution in [1.82, 2.24) is 0 Å². The number of aliphatic hydroxyl groups excluding tert-OH is 1. The number of aliphatic hydroxyl groups is 1. The molecule has 0 aromatic heterocycles. The third-order valence-corrected chi connectivity index (χ3v) is 4.57. The van der Waals surface area contributed by atoms with Crippen LogP contribution < -0.4 is 0 Å². The number of thioether (sulfide) groups is 1. The zero-order valence-electron chi connectivity index (χ0n) is 10.5. The highest BCUT2D eigenvalue weighted by atomic mass is 32.2. The fraction of sp³-hybridized carbons (Fsp3) is 1.00. The van der Waals surface area contributed by atoms with Crippen molar-refractivity contribution in [3.8, 4) is 0 Å². The van der Waals surface area contributed by atoms with Crippen molar-refractivity contribution < 1.29 is 5.11 Å². The van der Waals surface area contributed by atoms with Crippen molar-refractivity contribution >= 4 is 11.8 Å². The van der Waals surface area contributed by atoms with Crippen LogP contribution in [-0.2, 0) is 0 Å². The van der Waals surface area contributed by atoms with E-state index in [1.54, 1.807) is 0 Å². The number of rotatable bonds is 5. The molecular weight excluding hydrogens is 204 g/mol. The van der Waals surface area contributed by atoms with Gasteiger partial charge in [0.15, 0.2) is 0 Å². The third kappa shape index (κ3) is 6.47. The second-order valence-corrected chi connectivity index (χ2v) is 7.33. The largest absolute Gasteiger partial charge is 0.392 e. The van der Waals surface area contributed by atoms with E-state index < -0.39 is 0 Å². The third-order valence-electron chi connectivity index (χ3n) is 3.05. The van der Waals surface area contributed by atoms with Crippen LogP contribution in [0.3, 0.4) is 0 Å². The van der Waals surface area contributed by atoms with Crippen LogP contribution >= 0.6 is 11.8 Å². The lowest BCUT2D eigenvalue weighted by molar-refractivity contribution is 0.167. The van der Waals surface area contributed by atoms with Crippen LogP contribution in [0.2, 0.25) is 0 Å². The molecule has 15 heavy (non-hydrogen) atoms. The van der Waals surface area contributed by atoms with E-state index in [4.69, 9.17) is 0 Å². The summed E-state index contributed by atoms with van der Waals surface area (Å²) in [6.07, 6.45) is 7.54. The van der Waals surface area contributed by atoms with E-state index in [1.807, 2.05) is 11.8 Å². The van der Waals surface area contributed by atoms with Gasteiger partial charge in [-0.1, -0.05) is 33.6 Å². The molecule has 1 N–H and O–H groups in total. The Kier molecular flexibility index (Phi) is 5.48. The summed E-state index contributed by atoms with van der Waals surface area (Å²) in [7, 11) is 0. The minimum atomic E-state index is -0.0881. The molecule has 1 fully saturated rings. The van der Waals surface area contributed by atoms with E-state index in [0.717, 1.165) is 23.8 Å². The highest BCUT2D eigenvalue weighted by Gasteiger charge is 2.18. The fourth-order valence-corrected chi connectivity index (χ4v) is 3.31. The average molecular weight is 230 g/mol. The van der Waals surface area contributed by atoms with Gasteiger partial charge in [0.05, 0.1) is 6.10 Å². The van der Waals surface area contributed by atoms with Gasteiger partial charge in [-0.15, -0.1) is 0 Å². The first-order chi connectivity index (χ1) is 6.97. The minimum absolute atomic E-state index is 0.0881. The van der Waals surface area contributed by atoms with Gasteiger partial charge >= 0.3 is 0 Å². The quantitative estimate of drug-likeness (QED) is 0.774. The SMILES string of the molecule is CC(C)(C)CCC(O)CSC1CCCC1. The standard InChI is InChI=1S/C13H26OS/c1-13(2,3)9-8-11(14)10-15-12-6-4-5-7-12/h11-12,14H,4-10H2,1-3H3. The molecule has 0 heterocycles. The van der Waals surface area contributed by atoms with E-state index in [9.17, 15) is 5.11 Å². The van der Waals surface area contributed by atoms with E-state index in [1.165, 1.54) is 25.7 Å². The molecule has 0 aromatic rings. The summed E-state index contributed by atoms with van der Waals surface area (Å²) in [5.74, 6) is 0.945. The molecule has 0 radical (unpaired) electrons. The van der Waals surface area contributed by atoms with E-state index >= 15 is 0 Å². The molecule has 1 nitrogen and oxygen atoms in total. The maximum Gasteiger partial charge on any atom is 0.0630 e. The molecule has 2 heteroatoms. The molecule has 1 saturated carbocycles. The van der Waals surface area contributed by atoms with Crippen LogP contribution in [0.4, 0.5) is 0 Å². The van der Waals surface area contributed by atoms with Gasteiger partial charge in [0.25, 0.3) is 0 Å². The molecule has 1 rings (SSSR count). The summed E-state index contributed by atoms with van der Waals surface area (Å²) in [4.78, 5) is 0. The van der Waals surface area contributed by atoms with Crippen molar-refractivity contribution in [3.05, 3.63) is 0 Å². The smallest absolute Gasteiger partial charge is 0.0630 e. The van der Waals surface area contributed by atoms with Crippen molar-refractivity contribution in [2.45, 2.75) is 70.7 Å². The maximum absolute atomic E-state index is 9.85. The van der Waals surface area contributed by atoms with Crippen LogP contribution in [0.15, 0.2) is 0 Å². The van der Waals surface area contributed by atoms with Crippen molar-refractivity contribution in [1.29, 1.82) is 0 Å². The van der Waals surface area contributed by atoms with Crippen LogP contribution in [-0.4, -0.2) is 22.2 Å². The average Bonchev–Trinajstić information content (AvgIpc) is 2.62. The van der Waals surface area contributed by atoms with Gasteiger partial charge in [-0.05, 0) is 31.1 Å². The second-order valence-electron chi connectivity index (χ2n) is 5.99. The lowest BCUT2D eigenvalue weighted by atomic mass is 9.89. The Balaban J connectivity index is 2.05. The Hall–Kier alpha value is 0.310. The summed E-state index contributed by atoms with van der Waals surface area (Å²) in [5, 5.41) is 10.7. The number of hydrogen-bond donors (Lipinski definition) is 1. The molecule has 1 unspecified atom stereocenters. The first kappa shape index (κ1) is 13.4. The van der Waals surface area contributed by atoms with Gasteiger partial charge in [0, 0.05) is 11.0 Å². The highest BCUT2D eigenvalue weighted by Crippen LogP contribution is 2.30. The molecular formula is C13H26OS. The van der Waals surface area contributed by atoms with Gasteiger partial charge in [-0.2, -0.15) is 11.8 Å². The van der Waals surface area contributed by atoms with Crippen molar-refractivity contribution in [2.24, 2.45) is 5.41 Å². The highest BCUT2D eigenvalue weighted by molar-refractivity contribution is 7.99. The summed E-state index contributed by atoms with van der Waals surface area (Å²) in [6, 6.07) is 0. The lowest BCUT2D eigenvalue weighted by Crippen LogP contribution is -2.16. The van der Waals surface area contributed by atoms with Gasteiger partial charge in [0.2, 0.25) is 0 Å². The predicted octanol–water partition coefficient (Wildman–Crippen LogP) is 3.85. The first-order valence-electron chi connectivity index (χ1n) is 6.27. The van der Waals surface area contributed by atoms with Crippen LogP contribution in [0.1, 0.15) is 59.3 Å². The zero-order valence-corrected chi connectivity index (χ0v) is 11.3. The van der Waals surface area contributed by atoms with Crippen LogP contribution in [0, 0.1) is 5.41 Å². The predicted molar refractivity (Wildman–Crippen MR) is 69.4 cm³/mol. The van der Waals surface area contributed by atoms with Gasteiger partial charge in [-0.25, -0.2) is 0 Å². The molecule has 0 aliphatic heterocycles. The Morgan fingerprint density at radius 2 is 1.87 bits per heavy atom. The Bertz CT molecular complexity index is 168. The summed E-state index contributed by atoms with van der Waals surface area (Å²) in [6.45, 7) is 6.72. The zero-order chi connectivity index (χ0) is 11.3. The molecule has 1 aliphatic rings. The van der Waals surface area contributed by atoms with E-state index in [2.05, 4.69) is 20.8 Å². The van der Waals surface area contributed by atoms with Crippen molar-refractivity contribution in [3.63, 3.8) is 0 Å².